The fourth-order valence-electron chi connectivity index (χ4n) is 3.80. The van der Waals surface area contributed by atoms with Crippen LogP contribution in [0.5, 0.6) is 0 Å². The summed E-state index contributed by atoms with van der Waals surface area (Å²) < 4.78 is 5.50. The number of carbonyl (C=O) groups is 1. The van der Waals surface area contributed by atoms with Crippen molar-refractivity contribution in [2.75, 3.05) is 18.0 Å². The summed E-state index contributed by atoms with van der Waals surface area (Å²) in [6, 6.07) is 2.09. The standard InChI is InChI=1S/C18H23N5O3/c1-10-20-14-7-19-15(6-13(14)16(24)21-10)22-8-12-5-11(22)9-23(12)17(25)26-18(2,3)4/h6-7,11-12H,5,8-9H2,1-4H3,(H,20,21,24)/t11-,12-/m0/s1. The molecule has 8 heteroatoms. The van der Waals surface area contributed by atoms with Gasteiger partial charge in [-0.15, -0.1) is 0 Å². The summed E-state index contributed by atoms with van der Waals surface area (Å²) in [5.74, 6) is 1.33. The first-order valence-electron chi connectivity index (χ1n) is 8.84. The van der Waals surface area contributed by atoms with E-state index in [1.165, 1.54) is 0 Å². The Hall–Kier alpha value is -2.64. The number of carbonyl (C=O) groups excluding carboxylic acids is 1. The zero-order valence-electron chi connectivity index (χ0n) is 15.4. The molecule has 26 heavy (non-hydrogen) atoms. The van der Waals surface area contributed by atoms with E-state index in [2.05, 4.69) is 19.9 Å². The van der Waals surface area contributed by atoms with Gasteiger partial charge >= 0.3 is 6.09 Å². The van der Waals surface area contributed by atoms with Gasteiger partial charge in [0.25, 0.3) is 5.56 Å². The molecule has 138 valence electrons. The molecular formula is C18H23N5O3. The summed E-state index contributed by atoms with van der Waals surface area (Å²) in [5.41, 5.74) is -0.0596. The number of amides is 1. The van der Waals surface area contributed by atoms with Crippen molar-refractivity contribution >= 4 is 22.8 Å². The number of anilines is 1. The van der Waals surface area contributed by atoms with Gasteiger partial charge in [-0.1, -0.05) is 0 Å². The lowest BCUT2D eigenvalue weighted by Crippen LogP contribution is -2.50. The van der Waals surface area contributed by atoms with Crippen molar-refractivity contribution in [2.45, 2.75) is 51.8 Å². The minimum Gasteiger partial charge on any atom is -0.444 e. The Kier molecular flexibility index (Phi) is 3.68. The van der Waals surface area contributed by atoms with E-state index in [9.17, 15) is 9.59 Å². The fourth-order valence-corrected chi connectivity index (χ4v) is 3.80. The van der Waals surface area contributed by atoms with Gasteiger partial charge in [0.15, 0.2) is 0 Å². The zero-order valence-corrected chi connectivity index (χ0v) is 15.4. The smallest absolute Gasteiger partial charge is 0.410 e. The van der Waals surface area contributed by atoms with Crippen LogP contribution >= 0.6 is 0 Å². The molecule has 2 aliphatic rings. The van der Waals surface area contributed by atoms with Crippen LogP contribution in [0.15, 0.2) is 17.1 Å². The average molecular weight is 357 g/mol. The molecule has 0 radical (unpaired) electrons. The number of aryl methyl sites for hydroxylation is 1. The number of nitrogens with one attached hydrogen (secondary N) is 1. The highest BCUT2D eigenvalue weighted by Gasteiger charge is 2.47. The minimum absolute atomic E-state index is 0.113. The van der Waals surface area contributed by atoms with Gasteiger partial charge < -0.3 is 19.5 Å². The van der Waals surface area contributed by atoms with E-state index in [4.69, 9.17) is 4.74 Å². The molecule has 2 atom stereocenters. The van der Waals surface area contributed by atoms with E-state index >= 15 is 0 Å². The first-order valence-corrected chi connectivity index (χ1v) is 8.84. The number of fused-ring (bicyclic) bond motifs is 3. The van der Waals surface area contributed by atoms with Gasteiger partial charge in [0.05, 0.1) is 29.2 Å². The number of H-pyrrole nitrogens is 1. The predicted molar refractivity (Wildman–Crippen MR) is 97.4 cm³/mol. The number of aromatic amines is 1. The normalized spacial score (nSPS) is 22.3. The number of likely N-dealkylation sites (tertiary alicyclic amines) is 1. The molecule has 8 nitrogen and oxygen atoms in total. The molecule has 0 spiro atoms. The van der Waals surface area contributed by atoms with Crippen molar-refractivity contribution in [3.63, 3.8) is 0 Å². The molecule has 4 rings (SSSR count). The first kappa shape index (κ1) is 16.8. The highest BCUT2D eigenvalue weighted by Crippen LogP contribution is 2.35. The summed E-state index contributed by atoms with van der Waals surface area (Å²) in [7, 11) is 0. The second-order valence-electron chi connectivity index (χ2n) is 8.04. The van der Waals surface area contributed by atoms with Crippen LogP contribution in [-0.4, -0.2) is 56.7 Å². The number of hydrogen-bond acceptors (Lipinski definition) is 6. The van der Waals surface area contributed by atoms with Gasteiger partial charge in [0, 0.05) is 13.1 Å². The van der Waals surface area contributed by atoms with Crippen LogP contribution in [0.2, 0.25) is 0 Å². The number of rotatable bonds is 1. The maximum atomic E-state index is 12.4. The predicted octanol–water partition coefficient (Wildman–Crippen LogP) is 1.82. The van der Waals surface area contributed by atoms with Crippen LogP contribution in [-0.2, 0) is 4.74 Å². The van der Waals surface area contributed by atoms with E-state index in [-0.39, 0.29) is 23.7 Å². The van der Waals surface area contributed by atoms with Gasteiger partial charge in [-0.25, -0.2) is 14.8 Å². The third-order valence-electron chi connectivity index (χ3n) is 4.86. The van der Waals surface area contributed by atoms with Crippen molar-refractivity contribution in [1.29, 1.82) is 0 Å². The van der Waals surface area contributed by atoms with Crippen molar-refractivity contribution in [2.24, 2.45) is 0 Å². The van der Waals surface area contributed by atoms with E-state index < -0.39 is 5.60 Å². The molecule has 1 amide bonds. The molecule has 1 N–H and O–H groups in total. The van der Waals surface area contributed by atoms with Crippen LogP contribution in [0.1, 0.15) is 33.0 Å². The summed E-state index contributed by atoms with van der Waals surface area (Å²) >= 11 is 0. The maximum absolute atomic E-state index is 12.4. The molecule has 0 unspecified atom stereocenters. The number of piperazine rings is 1. The molecule has 0 saturated carbocycles. The van der Waals surface area contributed by atoms with Crippen LogP contribution in [0, 0.1) is 6.92 Å². The molecule has 2 aliphatic heterocycles. The summed E-state index contributed by atoms with van der Waals surface area (Å²) in [5, 5.41) is 0.535. The Bertz CT molecular complexity index is 933. The fraction of sp³-hybridized carbons (Fsp3) is 0.556. The zero-order chi connectivity index (χ0) is 18.6. The van der Waals surface area contributed by atoms with E-state index in [0.717, 1.165) is 12.2 Å². The molecule has 2 saturated heterocycles. The van der Waals surface area contributed by atoms with Crippen molar-refractivity contribution in [1.82, 2.24) is 19.9 Å². The topological polar surface area (TPSA) is 91.4 Å². The lowest BCUT2D eigenvalue weighted by atomic mass is 10.2. The Morgan fingerprint density at radius 2 is 2.08 bits per heavy atom. The lowest BCUT2D eigenvalue weighted by Gasteiger charge is -2.35. The summed E-state index contributed by atoms with van der Waals surface area (Å²) in [6.07, 6.45) is 2.28. The third kappa shape index (κ3) is 2.89. The molecule has 0 aromatic carbocycles. The van der Waals surface area contributed by atoms with Crippen molar-refractivity contribution in [3.8, 4) is 0 Å². The SMILES string of the molecule is Cc1nc2cnc(N3C[C@@H]4C[C@H]3CN4C(=O)OC(C)(C)C)cc2c(=O)[nH]1. The van der Waals surface area contributed by atoms with E-state index in [0.29, 0.717) is 29.8 Å². The number of aromatic nitrogens is 3. The van der Waals surface area contributed by atoms with Crippen LogP contribution in [0.4, 0.5) is 10.6 Å². The molecule has 2 bridgehead atoms. The highest BCUT2D eigenvalue weighted by atomic mass is 16.6. The summed E-state index contributed by atoms with van der Waals surface area (Å²) in [4.78, 5) is 40.1. The molecule has 2 aromatic rings. The number of pyridine rings is 1. The van der Waals surface area contributed by atoms with Crippen LogP contribution < -0.4 is 10.5 Å². The van der Waals surface area contributed by atoms with Crippen molar-refractivity contribution < 1.29 is 9.53 Å². The molecule has 2 aromatic heterocycles. The van der Waals surface area contributed by atoms with E-state index in [1.807, 2.05) is 25.7 Å². The van der Waals surface area contributed by atoms with Crippen molar-refractivity contribution in [3.05, 3.63) is 28.4 Å². The second kappa shape index (κ2) is 5.69. The van der Waals surface area contributed by atoms with Gasteiger partial charge in [-0.2, -0.15) is 0 Å². The van der Waals surface area contributed by atoms with E-state index in [1.54, 1.807) is 19.2 Å². The Morgan fingerprint density at radius 3 is 2.73 bits per heavy atom. The van der Waals surface area contributed by atoms with Crippen LogP contribution in [0.25, 0.3) is 10.9 Å². The second-order valence-corrected chi connectivity index (χ2v) is 8.04. The number of nitrogens with zero attached hydrogens (tertiary/aromatic N) is 4. The van der Waals surface area contributed by atoms with Gasteiger partial charge in [-0.3, -0.25) is 4.79 Å². The van der Waals surface area contributed by atoms with Crippen LogP contribution in [0.3, 0.4) is 0 Å². The molecule has 4 heterocycles. The highest BCUT2D eigenvalue weighted by molar-refractivity contribution is 5.80. The summed E-state index contributed by atoms with van der Waals surface area (Å²) in [6.45, 7) is 8.67. The quantitative estimate of drug-likeness (QED) is 0.837. The van der Waals surface area contributed by atoms with Gasteiger partial charge in [0.1, 0.15) is 17.2 Å². The number of hydrogen-bond donors (Lipinski definition) is 1. The average Bonchev–Trinajstić information content (AvgIpc) is 3.13. The minimum atomic E-state index is -0.495. The van der Waals surface area contributed by atoms with Gasteiger partial charge in [0.2, 0.25) is 0 Å². The largest absolute Gasteiger partial charge is 0.444 e. The third-order valence-corrected chi connectivity index (χ3v) is 4.86. The molecule has 2 fully saturated rings. The maximum Gasteiger partial charge on any atom is 0.410 e. The molecule has 0 aliphatic carbocycles. The molecular weight excluding hydrogens is 334 g/mol. The lowest BCUT2D eigenvalue weighted by molar-refractivity contribution is 0.0214. The monoisotopic (exact) mass is 357 g/mol. The first-order chi connectivity index (χ1) is 12.2. The number of ether oxygens (including phenoxy) is 1. The van der Waals surface area contributed by atoms with Gasteiger partial charge in [-0.05, 0) is 40.2 Å². The Labute approximate surface area is 151 Å². The Balaban J connectivity index is 1.55. The Morgan fingerprint density at radius 1 is 1.31 bits per heavy atom.